The molecule has 1 fully saturated rings. The molecule has 2 amide bonds. The number of hydrogen-bond donors (Lipinski definition) is 4. The summed E-state index contributed by atoms with van der Waals surface area (Å²) in [6, 6.07) is 25.3. The van der Waals surface area contributed by atoms with Crippen LogP contribution in [0, 0.1) is 25.7 Å². The van der Waals surface area contributed by atoms with E-state index in [1.165, 1.54) is 48.5 Å². The van der Waals surface area contributed by atoms with Crippen LogP contribution in [0.3, 0.4) is 0 Å². The molecule has 12 heteroatoms. The summed E-state index contributed by atoms with van der Waals surface area (Å²) in [5, 5.41) is 5.47. The molecule has 0 aromatic heterocycles. The predicted molar refractivity (Wildman–Crippen MR) is 170 cm³/mol. The lowest BCUT2D eigenvalue weighted by atomic mass is 10.2. The Balaban J connectivity index is 1.14. The van der Waals surface area contributed by atoms with Crippen molar-refractivity contribution >= 4 is 54.6 Å². The van der Waals surface area contributed by atoms with E-state index in [1.54, 1.807) is 48.5 Å². The van der Waals surface area contributed by atoms with E-state index in [0.717, 1.165) is 11.1 Å². The Morgan fingerprint density at radius 1 is 0.523 bits per heavy atom. The lowest BCUT2D eigenvalue weighted by molar-refractivity contribution is -0.122. The zero-order valence-corrected chi connectivity index (χ0v) is 25.5. The van der Waals surface area contributed by atoms with Crippen LogP contribution in [0.15, 0.2) is 119 Å². The number of amides is 2. The summed E-state index contributed by atoms with van der Waals surface area (Å²) in [7, 11) is -7.53. The highest BCUT2D eigenvalue weighted by Crippen LogP contribution is 2.45. The van der Waals surface area contributed by atoms with Crippen molar-refractivity contribution < 1.29 is 26.4 Å². The summed E-state index contributed by atoms with van der Waals surface area (Å²) < 4.78 is 55.5. The van der Waals surface area contributed by atoms with E-state index in [4.69, 9.17) is 0 Å². The lowest BCUT2D eigenvalue weighted by Crippen LogP contribution is -2.20. The van der Waals surface area contributed by atoms with Gasteiger partial charge in [0.2, 0.25) is 11.8 Å². The normalized spacial score (nSPS) is 16.1. The number of carbonyl (C=O) groups excluding carboxylic acids is 2. The molecule has 4 N–H and O–H groups in total. The summed E-state index contributed by atoms with van der Waals surface area (Å²) in [5.74, 6) is -2.28. The van der Waals surface area contributed by atoms with Gasteiger partial charge in [-0.3, -0.25) is 19.0 Å². The molecule has 5 rings (SSSR count). The van der Waals surface area contributed by atoms with Crippen LogP contribution in [0.5, 0.6) is 0 Å². The van der Waals surface area contributed by atoms with Crippen LogP contribution in [-0.4, -0.2) is 28.6 Å². The molecule has 0 radical (unpaired) electrons. The predicted octanol–water partition coefficient (Wildman–Crippen LogP) is 5.28. The van der Waals surface area contributed by atoms with E-state index in [9.17, 15) is 26.4 Å². The van der Waals surface area contributed by atoms with Gasteiger partial charge < -0.3 is 10.6 Å². The van der Waals surface area contributed by atoms with Crippen molar-refractivity contribution in [1.82, 2.24) is 0 Å². The second-order valence-electron chi connectivity index (χ2n) is 10.5. The molecule has 4 aromatic rings. The Kier molecular flexibility index (Phi) is 8.31. The van der Waals surface area contributed by atoms with Gasteiger partial charge in [-0.1, -0.05) is 47.5 Å². The molecule has 4 aromatic carbocycles. The van der Waals surface area contributed by atoms with Gasteiger partial charge >= 0.3 is 0 Å². The maximum Gasteiger partial charge on any atom is 0.261 e. The van der Waals surface area contributed by atoms with Crippen molar-refractivity contribution in [2.24, 2.45) is 11.8 Å². The van der Waals surface area contributed by atoms with Gasteiger partial charge in [0, 0.05) is 22.7 Å². The van der Waals surface area contributed by atoms with Crippen LogP contribution < -0.4 is 20.1 Å². The van der Waals surface area contributed by atoms with E-state index in [2.05, 4.69) is 26.7 Å². The first-order chi connectivity index (χ1) is 20.8. The van der Waals surface area contributed by atoms with Gasteiger partial charge in [0.25, 0.3) is 20.0 Å². The van der Waals surface area contributed by atoms with Crippen molar-refractivity contribution in [2.45, 2.75) is 23.6 Å². The Hall–Kier alpha value is -4.94. The zero-order valence-electron chi connectivity index (χ0n) is 23.9. The monoisotopic (exact) mass is 630 g/mol. The van der Waals surface area contributed by atoms with Gasteiger partial charge in [0.15, 0.2) is 0 Å². The minimum absolute atomic E-state index is 0.135. The van der Waals surface area contributed by atoms with Crippen molar-refractivity contribution in [3.05, 3.63) is 120 Å². The van der Waals surface area contributed by atoms with Crippen LogP contribution in [0.2, 0.25) is 0 Å². The summed E-state index contributed by atoms with van der Waals surface area (Å²) in [4.78, 5) is 26.0. The minimum atomic E-state index is -3.77. The first-order valence-electron chi connectivity index (χ1n) is 13.5. The number of hydrogen-bond acceptors (Lipinski definition) is 6. The lowest BCUT2D eigenvalue weighted by Gasteiger charge is -2.10. The second-order valence-corrected chi connectivity index (χ2v) is 13.9. The van der Waals surface area contributed by atoms with Crippen LogP contribution >= 0.6 is 0 Å². The zero-order chi connectivity index (χ0) is 31.6. The number of nitrogens with one attached hydrogen (secondary N) is 4. The van der Waals surface area contributed by atoms with Gasteiger partial charge in [0.1, 0.15) is 0 Å². The SMILES string of the molecule is C=C1[C@@H](C(=O)Nc2ccc(NS(=O)(=O)c3ccc(C)cc3)cc2)[C@@H]1C(=O)Nc1ccc(NS(=O)(=O)c2ccc(C)cc2)cc1. The molecule has 1 saturated carbocycles. The topological polar surface area (TPSA) is 151 Å². The number of anilines is 4. The summed E-state index contributed by atoms with van der Waals surface area (Å²) in [6.07, 6.45) is 0. The third-order valence-electron chi connectivity index (χ3n) is 7.06. The van der Waals surface area contributed by atoms with Crippen molar-refractivity contribution in [3.8, 4) is 0 Å². The third-order valence-corrected chi connectivity index (χ3v) is 9.85. The average molecular weight is 631 g/mol. The van der Waals surface area contributed by atoms with Gasteiger partial charge in [-0.15, -0.1) is 0 Å². The number of rotatable bonds is 10. The Bertz CT molecular complexity index is 1800. The number of benzene rings is 4. The fraction of sp³-hybridized carbons (Fsp3) is 0.125. The van der Waals surface area contributed by atoms with Gasteiger partial charge in [0.05, 0.1) is 21.6 Å². The standard InChI is InChI=1S/C32H30N4O6S2/c1-20-4-16-27(17-5-20)43(39,40)35-25-12-8-23(9-13-25)33-31(37)29-22(3)30(29)32(38)34-24-10-14-26(15-11-24)36-44(41,42)28-18-6-21(2)7-19-28/h4-19,29-30,35-36H,3H2,1-2H3,(H,33,37)(H,34,38)/t29-,30-/m1/s1. The molecule has 0 aliphatic heterocycles. The molecule has 0 heterocycles. The Morgan fingerprint density at radius 2 is 0.818 bits per heavy atom. The van der Waals surface area contributed by atoms with Crippen molar-refractivity contribution in [1.29, 1.82) is 0 Å². The van der Waals surface area contributed by atoms with Crippen LogP contribution in [0.4, 0.5) is 22.7 Å². The van der Waals surface area contributed by atoms with E-state index in [0.29, 0.717) is 28.3 Å². The van der Waals surface area contributed by atoms with Crippen molar-refractivity contribution in [2.75, 3.05) is 20.1 Å². The average Bonchev–Trinajstić information content (AvgIpc) is 3.66. The fourth-order valence-corrected chi connectivity index (χ4v) is 6.62. The molecule has 0 bridgehead atoms. The molecule has 226 valence electrons. The summed E-state index contributed by atoms with van der Waals surface area (Å²) in [5.41, 5.74) is 3.85. The highest BCUT2D eigenvalue weighted by molar-refractivity contribution is 7.93. The summed E-state index contributed by atoms with van der Waals surface area (Å²) >= 11 is 0. The number of aryl methyl sites for hydroxylation is 2. The van der Waals surface area contributed by atoms with Gasteiger partial charge in [-0.25, -0.2) is 16.8 Å². The molecule has 0 unspecified atom stereocenters. The number of carbonyl (C=O) groups is 2. The molecule has 10 nitrogen and oxygen atoms in total. The molecule has 1 aliphatic rings. The van der Waals surface area contributed by atoms with Crippen LogP contribution in [-0.2, 0) is 29.6 Å². The first-order valence-corrected chi connectivity index (χ1v) is 16.5. The van der Waals surface area contributed by atoms with E-state index in [1.807, 2.05) is 13.8 Å². The van der Waals surface area contributed by atoms with Crippen LogP contribution in [0.1, 0.15) is 11.1 Å². The molecule has 0 spiro atoms. The maximum absolute atomic E-state index is 12.9. The molecular formula is C32H30N4O6S2. The minimum Gasteiger partial charge on any atom is -0.326 e. The smallest absolute Gasteiger partial charge is 0.261 e. The third kappa shape index (κ3) is 6.99. The molecule has 2 atom stereocenters. The molecule has 0 saturated heterocycles. The molecule has 1 aliphatic carbocycles. The Labute approximate surface area is 256 Å². The van der Waals surface area contributed by atoms with Gasteiger partial charge in [-0.05, 0) is 86.6 Å². The second kappa shape index (κ2) is 12.0. The fourth-order valence-electron chi connectivity index (χ4n) is 4.50. The van der Waals surface area contributed by atoms with E-state index in [-0.39, 0.29) is 9.79 Å². The number of sulfonamides is 2. The molecular weight excluding hydrogens is 601 g/mol. The highest BCUT2D eigenvalue weighted by Gasteiger charge is 2.52. The quantitative estimate of drug-likeness (QED) is 0.175. The van der Waals surface area contributed by atoms with Gasteiger partial charge in [-0.2, -0.15) is 0 Å². The Morgan fingerprint density at radius 3 is 1.14 bits per heavy atom. The van der Waals surface area contributed by atoms with Crippen LogP contribution in [0.25, 0.3) is 0 Å². The largest absolute Gasteiger partial charge is 0.326 e. The van der Waals surface area contributed by atoms with Crippen molar-refractivity contribution in [3.63, 3.8) is 0 Å². The maximum atomic E-state index is 12.9. The molecule has 44 heavy (non-hydrogen) atoms. The van der Waals surface area contributed by atoms with E-state index >= 15 is 0 Å². The van der Waals surface area contributed by atoms with E-state index < -0.39 is 43.7 Å². The summed E-state index contributed by atoms with van der Waals surface area (Å²) in [6.45, 7) is 7.59. The first kappa shape index (κ1) is 30.5. The highest BCUT2D eigenvalue weighted by atomic mass is 32.2.